The number of allylic oxidation sites excluding steroid dienone is 2. The van der Waals surface area contributed by atoms with Crippen molar-refractivity contribution >= 4 is 65.0 Å². The number of aliphatic hydroxyl groups is 1. The van der Waals surface area contributed by atoms with E-state index in [1.807, 2.05) is 61.5 Å². The Bertz CT molecular complexity index is 2340. The highest BCUT2D eigenvalue weighted by Gasteiger charge is 2.46. The molecule has 0 bridgehead atoms. The molecule has 0 aromatic heterocycles. The zero-order chi connectivity index (χ0) is 66.7. The van der Waals surface area contributed by atoms with Crippen molar-refractivity contribution in [3.05, 3.63) is 12.2 Å². The lowest BCUT2D eigenvalue weighted by molar-refractivity contribution is -0.157. The number of rotatable bonds is 16. The first-order valence-corrected chi connectivity index (χ1v) is 31.1. The zero-order valence-corrected chi connectivity index (χ0v) is 56.8. The molecule has 12 atom stereocenters. The molecule has 23 nitrogen and oxygen atoms in total. The fourth-order valence-electron chi connectivity index (χ4n) is 10.9. The van der Waals surface area contributed by atoms with E-state index in [1.54, 1.807) is 54.5 Å². The van der Waals surface area contributed by atoms with Crippen LogP contribution < -0.4 is 21.3 Å². The van der Waals surface area contributed by atoms with Crippen LogP contribution in [0, 0.1) is 41.4 Å². The monoisotopic (exact) mass is 1220 g/mol. The van der Waals surface area contributed by atoms with Gasteiger partial charge in [-0.25, -0.2) is 0 Å². The summed E-state index contributed by atoms with van der Waals surface area (Å²) in [4.78, 5) is 169. The second-order valence-corrected chi connectivity index (χ2v) is 26.5. The Hall–Kier alpha value is -6.13. The van der Waals surface area contributed by atoms with Crippen LogP contribution in [0.3, 0.4) is 0 Å². The maximum atomic E-state index is 15.2. The van der Waals surface area contributed by atoms with Crippen molar-refractivity contribution in [2.75, 3.05) is 55.9 Å². The molecular weight excluding hydrogens is 1100 g/mol. The normalized spacial score (nSPS) is 26.7. The summed E-state index contributed by atoms with van der Waals surface area (Å²) >= 11 is 0. The topological polar surface area (TPSA) is 279 Å². The molecule has 11 amide bonds. The maximum Gasteiger partial charge on any atom is 0.246 e. The molecule has 0 saturated carbocycles. The first kappa shape index (κ1) is 77.9. The number of carbonyl (C=O) groups excluding carboxylic acids is 11. The van der Waals surface area contributed by atoms with E-state index in [0.29, 0.717) is 12.8 Å². The van der Waals surface area contributed by atoms with Crippen LogP contribution in [-0.2, 0) is 52.7 Å². The molecule has 0 aromatic rings. The van der Waals surface area contributed by atoms with E-state index >= 15 is 9.59 Å². The van der Waals surface area contributed by atoms with Gasteiger partial charge in [0.2, 0.25) is 65.0 Å². The average Bonchev–Trinajstić information content (AvgIpc) is 3.10. The van der Waals surface area contributed by atoms with Crippen LogP contribution in [0.25, 0.3) is 0 Å². The minimum absolute atomic E-state index is 0.0923. The molecule has 0 aliphatic carbocycles. The van der Waals surface area contributed by atoms with Crippen LogP contribution in [-0.4, -0.2) is 227 Å². The fourth-order valence-corrected chi connectivity index (χ4v) is 10.9. The summed E-state index contributed by atoms with van der Waals surface area (Å²) in [6, 6.07) is -12.3. The molecule has 492 valence electrons. The van der Waals surface area contributed by atoms with Crippen molar-refractivity contribution < 1.29 is 57.8 Å². The summed E-state index contributed by atoms with van der Waals surface area (Å²) in [5, 5.41) is 23.2. The Labute approximate surface area is 515 Å². The van der Waals surface area contributed by atoms with Crippen molar-refractivity contribution in [3.63, 3.8) is 0 Å². The molecule has 0 radical (unpaired) electrons. The van der Waals surface area contributed by atoms with Gasteiger partial charge < -0.3 is 60.7 Å². The van der Waals surface area contributed by atoms with Gasteiger partial charge in [0.15, 0.2) is 0 Å². The minimum atomic E-state index is -1.61. The third-order valence-electron chi connectivity index (χ3n) is 16.2. The van der Waals surface area contributed by atoms with Crippen LogP contribution in [0.15, 0.2) is 12.2 Å². The van der Waals surface area contributed by atoms with E-state index in [0.717, 1.165) is 9.80 Å². The van der Waals surface area contributed by atoms with E-state index in [4.69, 9.17) is 0 Å². The van der Waals surface area contributed by atoms with Crippen LogP contribution in [0.2, 0.25) is 0 Å². The number of nitrogens with one attached hydrogen (secondary N) is 4. The average molecular weight is 1220 g/mol. The minimum Gasteiger partial charge on any atom is -0.390 e. The van der Waals surface area contributed by atoms with E-state index in [-0.39, 0.29) is 55.8 Å². The van der Waals surface area contributed by atoms with Crippen molar-refractivity contribution in [3.8, 4) is 0 Å². The third-order valence-corrected chi connectivity index (χ3v) is 16.2. The lowest BCUT2D eigenvalue weighted by Gasteiger charge is -2.41. The lowest BCUT2D eigenvalue weighted by atomic mass is 9.91. The summed E-state index contributed by atoms with van der Waals surface area (Å²) in [7, 11) is 9.95. The molecule has 0 aromatic carbocycles. The molecular formula is C63H113N11O12. The molecule has 1 fully saturated rings. The van der Waals surface area contributed by atoms with Crippen LogP contribution in [0.4, 0.5) is 0 Å². The maximum absolute atomic E-state index is 15.2. The molecule has 2 unspecified atom stereocenters. The highest BCUT2D eigenvalue weighted by atomic mass is 16.3. The number of nitrogens with zero attached hydrogens (tertiary/aromatic N) is 7. The Morgan fingerprint density at radius 1 is 0.465 bits per heavy atom. The Kier molecular flexibility index (Phi) is 32.3. The number of hydrogen-bond donors (Lipinski definition) is 5. The number of aliphatic hydroxyl groups excluding tert-OH is 1. The lowest BCUT2D eigenvalue weighted by Crippen LogP contribution is -2.63. The van der Waals surface area contributed by atoms with Crippen molar-refractivity contribution in [2.24, 2.45) is 41.4 Å². The van der Waals surface area contributed by atoms with Gasteiger partial charge in [-0.3, -0.25) is 52.7 Å². The first-order valence-electron chi connectivity index (χ1n) is 31.1. The number of amides is 11. The zero-order valence-electron chi connectivity index (χ0n) is 56.8. The largest absolute Gasteiger partial charge is 0.390 e. The molecule has 1 saturated heterocycles. The van der Waals surface area contributed by atoms with Gasteiger partial charge in [-0.15, -0.1) is 0 Å². The Morgan fingerprint density at radius 2 is 0.884 bits per heavy atom. The van der Waals surface area contributed by atoms with Crippen molar-refractivity contribution in [1.29, 1.82) is 0 Å². The molecule has 86 heavy (non-hydrogen) atoms. The third kappa shape index (κ3) is 21.9. The quantitative estimate of drug-likeness (QED) is 0.139. The summed E-state index contributed by atoms with van der Waals surface area (Å²) in [6.45, 7) is 29.5. The van der Waals surface area contributed by atoms with Gasteiger partial charge in [0.1, 0.15) is 60.4 Å². The van der Waals surface area contributed by atoms with Crippen molar-refractivity contribution in [2.45, 2.75) is 229 Å². The molecule has 1 aliphatic heterocycles. The van der Waals surface area contributed by atoms with Gasteiger partial charge in [0.05, 0.1) is 12.6 Å². The highest BCUT2D eigenvalue weighted by Crippen LogP contribution is 2.26. The molecule has 0 spiro atoms. The summed E-state index contributed by atoms with van der Waals surface area (Å²) < 4.78 is 0. The van der Waals surface area contributed by atoms with Gasteiger partial charge in [0.25, 0.3) is 0 Å². The second-order valence-electron chi connectivity index (χ2n) is 26.5. The molecule has 1 rings (SSSR count). The van der Waals surface area contributed by atoms with Crippen LogP contribution >= 0.6 is 0 Å². The van der Waals surface area contributed by atoms with E-state index in [1.165, 1.54) is 87.7 Å². The number of hydrogen-bond acceptors (Lipinski definition) is 12. The molecule has 1 heterocycles. The van der Waals surface area contributed by atoms with Gasteiger partial charge >= 0.3 is 0 Å². The van der Waals surface area contributed by atoms with E-state index in [9.17, 15) is 48.3 Å². The molecule has 5 N–H and O–H groups in total. The van der Waals surface area contributed by atoms with Crippen LogP contribution in [0.1, 0.15) is 163 Å². The fraction of sp³-hybridized carbons (Fsp3) is 0.794. The van der Waals surface area contributed by atoms with E-state index < -0.39 is 156 Å². The van der Waals surface area contributed by atoms with Gasteiger partial charge in [-0.1, -0.05) is 116 Å². The van der Waals surface area contributed by atoms with E-state index in [2.05, 4.69) is 21.3 Å². The van der Waals surface area contributed by atoms with Crippen molar-refractivity contribution in [1.82, 2.24) is 55.6 Å². The number of likely N-dealkylation sites (N-methyl/N-ethyl adjacent to an activating group) is 7. The highest BCUT2D eigenvalue weighted by molar-refractivity contribution is 5.99. The van der Waals surface area contributed by atoms with Gasteiger partial charge in [0, 0.05) is 49.3 Å². The molecule has 1 aliphatic rings. The summed E-state index contributed by atoms with van der Waals surface area (Å²) in [6.07, 6.45) is 3.51. The number of carbonyl (C=O) groups is 11. The summed E-state index contributed by atoms with van der Waals surface area (Å²) in [5.41, 5.74) is 0. The predicted octanol–water partition coefficient (Wildman–Crippen LogP) is 3.66. The van der Waals surface area contributed by atoms with Gasteiger partial charge in [-0.05, 0) is 101 Å². The summed E-state index contributed by atoms with van der Waals surface area (Å²) in [5.74, 6) is -9.66. The Morgan fingerprint density at radius 3 is 1.34 bits per heavy atom. The SMILES string of the molecule is C/C=C/CC(C)C(O)[C@H]1C(=O)N[C@@H](CCC)C(=O)N(C)CC(=O)N(C)[C@@H](CC(C)C)C(=O)N[C@@H](C(C)C)C(=O)N(C)[C@@H](CC(C)C)C(=O)N[C@@H](C)C(=O)N[C@H](C)C(=O)N(C)[C@@H](CC(C)C)C(=O)N(C)[C@@H](CC(C)C)C(=O)N(C)[C@@H](C(C)C)C(=O)N1C. The molecule has 23 heteroatoms. The smallest absolute Gasteiger partial charge is 0.246 e. The first-order chi connectivity index (χ1) is 39.7. The predicted molar refractivity (Wildman–Crippen MR) is 333 cm³/mol. The second kappa shape index (κ2) is 35.6. The van der Waals surface area contributed by atoms with Crippen LogP contribution in [0.5, 0.6) is 0 Å². The standard InChI is InChI=1S/C63H113N11O12/c1-25-27-29-41(15)53(76)52-57(80)66-44(28-26-2)59(82)68(18)34-49(75)69(19)45(30-35(3)4)56(79)67-50(39(11)12)62(85)70(20)46(31-36(5)6)55(78)64-42(16)54(77)65-43(17)58(81)71(21)47(32-37(7)8)60(83)72(22)48(33-38(9)10)61(84)73(23)51(40(13)14)63(86)74(52)24/h25,27,35-48,50-53,76H,26,28-34H2,1-24H3,(H,64,78)(H,65,77)(H,66,80)(H,67,79)/b27-25+/t41?,42-,43+,44-,45-,46-,47-,48-,50-,51-,52-,53?/m0/s1. The Balaban J connectivity index is 4.36. The van der Waals surface area contributed by atoms with Gasteiger partial charge in [-0.2, -0.15) is 0 Å².